The summed E-state index contributed by atoms with van der Waals surface area (Å²) < 4.78 is 0. The minimum atomic E-state index is 0.483. The second-order valence-electron chi connectivity index (χ2n) is 6.23. The molecule has 0 fully saturated rings. The molecular formula is C20H29N2+. The van der Waals surface area contributed by atoms with Gasteiger partial charge in [0.15, 0.2) is 12.4 Å². The Morgan fingerprint density at radius 2 is 1.68 bits per heavy atom. The summed E-state index contributed by atoms with van der Waals surface area (Å²) in [7, 11) is 0. The molecule has 1 aromatic rings. The summed E-state index contributed by atoms with van der Waals surface area (Å²) in [4.78, 5) is 8.97. The topological polar surface area (TPSA) is 24.7 Å². The monoisotopic (exact) mass is 297 g/mol. The molecule has 1 aliphatic rings. The van der Waals surface area contributed by atoms with E-state index < -0.39 is 0 Å². The largest absolute Gasteiger partial charge is 0.244 e. The van der Waals surface area contributed by atoms with E-state index in [1.54, 1.807) is 0 Å². The fourth-order valence-corrected chi connectivity index (χ4v) is 3.37. The van der Waals surface area contributed by atoms with Gasteiger partial charge in [-0.25, -0.2) is 0 Å². The summed E-state index contributed by atoms with van der Waals surface area (Å²) in [5.74, 6) is 1.13. The van der Waals surface area contributed by atoms with Crippen molar-refractivity contribution in [1.82, 2.24) is 0 Å². The zero-order valence-corrected chi connectivity index (χ0v) is 14.0. The number of nitrogens with zero attached hydrogens (tertiary/aromatic N) is 2. The van der Waals surface area contributed by atoms with E-state index in [0.717, 1.165) is 19.0 Å². The van der Waals surface area contributed by atoms with Gasteiger partial charge in [-0.15, -0.1) is 0 Å². The third kappa shape index (κ3) is 5.01. The molecule has 0 spiro atoms. The van der Waals surface area contributed by atoms with Gasteiger partial charge in [0.25, 0.3) is 0 Å². The highest BCUT2D eigenvalue weighted by Crippen LogP contribution is 2.35. The van der Waals surface area contributed by atoms with Crippen molar-refractivity contribution in [2.45, 2.75) is 58.8 Å². The van der Waals surface area contributed by atoms with Crippen molar-refractivity contribution in [3.8, 4) is 0 Å². The number of aliphatic imine (C=N–C) groups is 2. The Morgan fingerprint density at radius 1 is 0.955 bits per heavy atom. The van der Waals surface area contributed by atoms with E-state index in [9.17, 15) is 0 Å². The Kier molecular flexibility index (Phi) is 7.21. The maximum absolute atomic E-state index is 4.48. The summed E-state index contributed by atoms with van der Waals surface area (Å²) in [6.07, 6.45) is 13.6. The van der Waals surface area contributed by atoms with Gasteiger partial charge in [-0.3, -0.25) is 0 Å². The number of unbranched alkanes of at least 4 members (excludes halogenated alkanes) is 3. The Labute approximate surface area is 135 Å². The molecule has 0 bridgehead atoms. The number of hydrogen-bond donors (Lipinski definition) is 0. The summed E-state index contributed by atoms with van der Waals surface area (Å²) in [6, 6.07) is 10.9. The van der Waals surface area contributed by atoms with Crippen LogP contribution in [0.4, 0.5) is 0 Å². The van der Waals surface area contributed by atoms with E-state index in [2.05, 4.69) is 54.2 Å². The quantitative estimate of drug-likeness (QED) is 0.403. The van der Waals surface area contributed by atoms with Crippen LogP contribution >= 0.6 is 0 Å². The average molecular weight is 297 g/mol. The molecule has 0 amide bonds. The van der Waals surface area contributed by atoms with Crippen LogP contribution in [-0.2, 0) is 6.42 Å². The lowest BCUT2D eigenvalue weighted by Crippen LogP contribution is -2.21. The zero-order chi connectivity index (χ0) is 15.6. The first-order valence-corrected chi connectivity index (χ1v) is 8.82. The molecular weight excluding hydrogens is 268 g/mol. The van der Waals surface area contributed by atoms with Crippen LogP contribution in [0.1, 0.15) is 57.9 Å². The van der Waals surface area contributed by atoms with Gasteiger partial charge in [0, 0.05) is 0 Å². The van der Waals surface area contributed by atoms with Gasteiger partial charge in [0.2, 0.25) is 6.17 Å². The van der Waals surface area contributed by atoms with Crippen molar-refractivity contribution in [2.75, 3.05) is 0 Å². The number of benzene rings is 1. The van der Waals surface area contributed by atoms with Crippen molar-refractivity contribution in [2.24, 2.45) is 21.8 Å². The molecule has 0 N–H and O–H groups in total. The Morgan fingerprint density at radius 3 is 2.32 bits per heavy atom. The van der Waals surface area contributed by atoms with Crippen molar-refractivity contribution in [3.63, 3.8) is 0 Å². The van der Waals surface area contributed by atoms with Crippen molar-refractivity contribution < 1.29 is 0 Å². The fourth-order valence-electron chi connectivity index (χ4n) is 3.37. The molecule has 118 valence electrons. The molecule has 2 nitrogen and oxygen atoms in total. The van der Waals surface area contributed by atoms with Crippen LogP contribution in [0.2, 0.25) is 0 Å². The van der Waals surface area contributed by atoms with E-state index in [0.29, 0.717) is 11.8 Å². The molecule has 2 unspecified atom stereocenters. The normalized spacial score (nSPS) is 16.2. The zero-order valence-electron chi connectivity index (χ0n) is 14.0. The molecule has 0 aromatic heterocycles. The number of rotatable bonds is 10. The molecule has 0 aliphatic carbocycles. The van der Waals surface area contributed by atoms with Crippen molar-refractivity contribution >= 4 is 12.4 Å². The molecule has 1 heterocycles. The molecule has 1 aromatic carbocycles. The van der Waals surface area contributed by atoms with Crippen LogP contribution in [0.25, 0.3) is 0 Å². The summed E-state index contributed by atoms with van der Waals surface area (Å²) in [5.41, 5.74) is 1.44. The van der Waals surface area contributed by atoms with Gasteiger partial charge in [0.05, 0.1) is 5.92 Å². The van der Waals surface area contributed by atoms with Gasteiger partial charge in [-0.05, 0) is 30.7 Å². The Balaban J connectivity index is 2.02. The SMILES string of the molecule is CCCCCCC(Cc1ccccc1)C(CC)[C+]1N=CC=N1. The lowest BCUT2D eigenvalue weighted by molar-refractivity contribution is 0.300. The van der Waals surface area contributed by atoms with E-state index in [4.69, 9.17) is 0 Å². The molecule has 2 rings (SSSR count). The molecule has 22 heavy (non-hydrogen) atoms. The van der Waals surface area contributed by atoms with Crippen LogP contribution in [0.5, 0.6) is 0 Å². The molecule has 0 saturated carbocycles. The average Bonchev–Trinajstić information content (AvgIpc) is 3.07. The molecule has 2 atom stereocenters. The van der Waals surface area contributed by atoms with E-state index in [1.165, 1.54) is 37.7 Å². The second kappa shape index (κ2) is 9.45. The van der Waals surface area contributed by atoms with Gasteiger partial charge >= 0.3 is 0 Å². The van der Waals surface area contributed by atoms with Gasteiger partial charge < -0.3 is 0 Å². The van der Waals surface area contributed by atoms with Crippen LogP contribution < -0.4 is 0 Å². The predicted octanol–water partition coefficient (Wildman–Crippen LogP) is 5.49. The summed E-state index contributed by atoms with van der Waals surface area (Å²) in [6.45, 7) is 4.54. The fraction of sp³-hybridized carbons (Fsp3) is 0.550. The van der Waals surface area contributed by atoms with Crippen molar-refractivity contribution in [3.05, 3.63) is 42.1 Å². The summed E-state index contributed by atoms with van der Waals surface area (Å²) in [5, 5.41) is 0. The maximum Gasteiger partial charge on any atom is 0.244 e. The van der Waals surface area contributed by atoms with E-state index in [-0.39, 0.29) is 0 Å². The first-order valence-electron chi connectivity index (χ1n) is 8.82. The highest BCUT2D eigenvalue weighted by atomic mass is 15.0. The van der Waals surface area contributed by atoms with Crippen LogP contribution in [0.15, 0.2) is 40.3 Å². The maximum atomic E-state index is 4.48. The highest BCUT2D eigenvalue weighted by molar-refractivity contribution is 6.18. The third-order valence-electron chi connectivity index (χ3n) is 4.59. The van der Waals surface area contributed by atoms with Gasteiger partial charge in [0.1, 0.15) is 0 Å². The first kappa shape index (κ1) is 16.8. The lowest BCUT2D eigenvalue weighted by atomic mass is 9.80. The molecule has 0 radical (unpaired) electrons. The van der Waals surface area contributed by atoms with Gasteiger partial charge in [-0.2, -0.15) is 0 Å². The molecule has 1 aliphatic heterocycles. The molecule has 0 saturated heterocycles. The van der Waals surface area contributed by atoms with Gasteiger partial charge in [-0.1, -0.05) is 79.8 Å². The Bertz CT molecular complexity index is 452. The second-order valence-corrected chi connectivity index (χ2v) is 6.23. The van der Waals surface area contributed by atoms with E-state index in [1.807, 2.05) is 12.4 Å². The first-order chi connectivity index (χ1) is 10.8. The van der Waals surface area contributed by atoms with Crippen molar-refractivity contribution in [1.29, 1.82) is 0 Å². The lowest BCUT2D eigenvalue weighted by Gasteiger charge is -2.24. The Hall–Kier alpha value is -1.57. The predicted molar refractivity (Wildman–Crippen MR) is 96.4 cm³/mol. The summed E-state index contributed by atoms with van der Waals surface area (Å²) >= 11 is 0. The number of hydrogen-bond acceptors (Lipinski definition) is 2. The smallest absolute Gasteiger partial charge is 0.0965 e. The van der Waals surface area contributed by atoms with E-state index >= 15 is 0 Å². The van der Waals surface area contributed by atoms with Crippen LogP contribution in [-0.4, -0.2) is 12.4 Å². The highest BCUT2D eigenvalue weighted by Gasteiger charge is 2.34. The minimum Gasteiger partial charge on any atom is -0.0965 e. The van der Waals surface area contributed by atoms with Crippen LogP contribution in [0.3, 0.4) is 0 Å². The third-order valence-corrected chi connectivity index (χ3v) is 4.59. The minimum absolute atomic E-state index is 0.483. The molecule has 2 heteroatoms. The standard InChI is InChI=1S/C20H29N2/c1-3-5-6-10-13-18(16-17-11-8-7-9-12-17)19(4-2)20-21-14-15-22-20/h7-9,11-12,14-15,18-19H,3-6,10,13,16H2,1-2H3/q+1. The van der Waals surface area contributed by atoms with Crippen LogP contribution in [0, 0.1) is 18.0 Å².